The van der Waals surface area contributed by atoms with Crippen molar-refractivity contribution in [2.24, 2.45) is 5.92 Å². The molecule has 0 bridgehead atoms. The quantitative estimate of drug-likeness (QED) is 0.768. The molecule has 0 aliphatic rings. The summed E-state index contributed by atoms with van der Waals surface area (Å²) in [7, 11) is 0. The van der Waals surface area contributed by atoms with Gasteiger partial charge in [0.2, 0.25) is 0 Å². The molecule has 0 amide bonds. The molecule has 0 radical (unpaired) electrons. The van der Waals surface area contributed by atoms with Gasteiger partial charge in [-0.2, -0.15) is 0 Å². The highest BCUT2D eigenvalue weighted by atomic mass is 35.5. The number of hydrogen-bond donors (Lipinski definition) is 2. The predicted molar refractivity (Wildman–Crippen MR) is 56.2 cm³/mol. The lowest BCUT2D eigenvalue weighted by atomic mass is 10.00. The zero-order valence-corrected chi connectivity index (χ0v) is 8.61. The van der Waals surface area contributed by atoms with Crippen molar-refractivity contribution in [3.05, 3.63) is 35.9 Å². The molecule has 0 aliphatic carbocycles. The molecule has 1 rings (SSSR count). The molecule has 0 fully saturated rings. The zero-order chi connectivity index (χ0) is 10.6. The summed E-state index contributed by atoms with van der Waals surface area (Å²) < 4.78 is 0. The topological polar surface area (TPSA) is 74.6 Å². The fourth-order valence-corrected chi connectivity index (χ4v) is 1.13. The second kappa shape index (κ2) is 6.03. The summed E-state index contributed by atoms with van der Waals surface area (Å²) in [6, 6.07) is 8.70. The van der Waals surface area contributed by atoms with E-state index in [0.29, 0.717) is 5.56 Å². The van der Waals surface area contributed by atoms with Gasteiger partial charge in [0, 0.05) is 0 Å². The van der Waals surface area contributed by atoms with Crippen LogP contribution in [-0.4, -0.2) is 22.2 Å². The molecule has 0 atom stereocenters. The molecule has 0 heterocycles. The third kappa shape index (κ3) is 3.99. The number of hydrogen-bond acceptors (Lipinski definition) is 2. The molecule has 0 aliphatic heterocycles. The maximum atomic E-state index is 10.6. The molecule has 4 nitrogen and oxygen atoms in total. The van der Waals surface area contributed by atoms with Gasteiger partial charge in [0.25, 0.3) is 0 Å². The highest BCUT2D eigenvalue weighted by Gasteiger charge is 2.25. The molecule has 2 N–H and O–H groups in total. The van der Waals surface area contributed by atoms with Gasteiger partial charge in [-0.05, 0) is 12.0 Å². The molecule has 0 saturated heterocycles. The van der Waals surface area contributed by atoms with E-state index in [0.717, 1.165) is 0 Å². The van der Waals surface area contributed by atoms with Gasteiger partial charge in [-0.3, -0.25) is 9.59 Å². The van der Waals surface area contributed by atoms with Crippen LogP contribution in [0.15, 0.2) is 30.3 Å². The van der Waals surface area contributed by atoms with E-state index in [2.05, 4.69) is 0 Å². The monoisotopic (exact) mass is 230 g/mol. The number of carboxylic acid groups (broad SMARTS) is 2. The van der Waals surface area contributed by atoms with Crippen LogP contribution in [0.25, 0.3) is 0 Å². The minimum Gasteiger partial charge on any atom is -0.481 e. The number of carbonyl (C=O) groups is 2. The van der Waals surface area contributed by atoms with Gasteiger partial charge in [-0.15, -0.1) is 12.4 Å². The Morgan fingerprint density at radius 2 is 1.53 bits per heavy atom. The molecule has 1 aromatic rings. The molecular formula is C10H11ClO4. The van der Waals surface area contributed by atoms with Crippen LogP contribution in [0, 0.1) is 5.92 Å². The standard InChI is InChI=1S/C10H10O4.ClH/c11-9(12)8(10(13)14)6-7-4-2-1-3-5-7;/h1-5,8H,6H2,(H,11,12)(H,13,14);1H. The van der Waals surface area contributed by atoms with Crippen LogP contribution >= 0.6 is 12.4 Å². The van der Waals surface area contributed by atoms with Crippen molar-refractivity contribution in [2.75, 3.05) is 0 Å². The van der Waals surface area contributed by atoms with E-state index < -0.39 is 17.9 Å². The Morgan fingerprint density at radius 3 is 1.93 bits per heavy atom. The average molecular weight is 231 g/mol. The second-order valence-corrected chi connectivity index (χ2v) is 2.92. The molecule has 0 aromatic heterocycles. The molecule has 0 saturated carbocycles. The minimum atomic E-state index is -1.36. The zero-order valence-electron chi connectivity index (χ0n) is 7.79. The predicted octanol–water partition coefficient (Wildman–Crippen LogP) is 1.44. The van der Waals surface area contributed by atoms with Crippen molar-refractivity contribution in [1.82, 2.24) is 0 Å². The van der Waals surface area contributed by atoms with Gasteiger partial charge in [0.05, 0.1) is 0 Å². The van der Waals surface area contributed by atoms with E-state index in [9.17, 15) is 9.59 Å². The summed E-state index contributed by atoms with van der Waals surface area (Å²) in [5.41, 5.74) is 0.710. The molecular weight excluding hydrogens is 220 g/mol. The molecule has 0 spiro atoms. The third-order valence-corrected chi connectivity index (χ3v) is 1.88. The lowest BCUT2D eigenvalue weighted by Gasteiger charge is -2.06. The minimum absolute atomic E-state index is 0. The SMILES string of the molecule is Cl.O=C(O)C(Cc1ccccc1)C(=O)O. The second-order valence-electron chi connectivity index (χ2n) is 2.92. The smallest absolute Gasteiger partial charge is 0.318 e. The summed E-state index contributed by atoms with van der Waals surface area (Å²) in [6.07, 6.45) is 0.0194. The number of aliphatic carboxylic acids is 2. The lowest BCUT2D eigenvalue weighted by Crippen LogP contribution is -2.25. The Hall–Kier alpha value is -1.55. The molecule has 82 valence electrons. The first-order valence-corrected chi connectivity index (χ1v) is 4.11. The van der Waals surface area contributed by atoms with Crippen molar-refractivity contribution in [3.8, 4) is 0 Å². The van der Waals surface area contributed by atoms with Crippen LogP contribution in [-0.2, 0) is 16.0 Å². The van der Waals surface area contributed by atoms with Gasteiger partial charge in [-0.25, -0.2) is 0 Å². The van der Waals surface area contributed by atoms with Gasteiger partial charge >= 0.3 is 11.9 Å². The lowest BCUT2D eigenvalue weighted by molar-refractivity contribution is -0.154. The summed E-state index contributed by atoms with van der Waals surface area (Å²) in [4.78, 5) is 21.1. The Kier molecular flexibility index (Phi) is 5.41. The summed E-state index contributed by atoms with van der Waals surface area (Å²) in [5, 5.41) is 17.2. The molecule has 0 unspecified atom stereocenters. The van der Waals surface area contributed by atoms with E-state index in [1.54, 1.807) is 30.3 Å². The number of carboxylic acids is 2. The highest BCUT2D eigenvalue weighted by molar-refractivity contribution is 5.93. The van der Waals surface area contributed by atoms with Crippen molar-refractivity contribution in [2.45, 2.75) is 6.42 Å². The summed E-state index contributed by atoms with van der Waals surface area (Å²) in [5.74, 6) is -3.97. The van der Waals surface area contributed by atoms with Gasteiger partial charge in [-0.1, -0.05) is 30.3 Å². The molecule has 15 heavy (non-hydrogen) atoms. The van der Waals surface area contributed by atoms with Crippen molar-refractivity contribution in [1.29, 1.82) is 0 Å². The highest BCUT2D eigenvalue weighted by Crippen LogP contribution is 2.09. The van der Waals surface area contributed by atoms with Crippen LogP contribution in [0.3, 0.4) is 0 Å². The Morgan fingerprint density at radius 1 is 1.07 bits per heavy atom. The number of benzene rings is 1. The van der Waals surface area contributed by atoms with E-state index in [1.807, 2.05) is 0 Å². The Balaban J connectivity index is 0.00000196. The van der Waals surface area contributed by atoms with Crippen LogP contribution < -0.4 is 0 Å². The van der Waals surface area contributed by atoms with Gasteiger partial charge in [0.1, 0.15) is 0 Å². The fraction of sp³-hybridized carbons (Fsp3) is 0.200. The van der Waals surface area contributed by atoms with Crippen LogP contribution in [0.4, 0.5) is 0 Å². The molecule has 1 aromatic carbocycles. The first kappa shape index (κ1) is 13.4. The third-order valence-electron chi connectivity index (χ3n) is 1.88. The summed E-state index contributed by atoms with van der Waals surface area (Å²) >= 11 is 0. The summed E-state index contributed by atoms with van der Waals surface area (Å²) in [6.45, 7) is 0. The normalized spacial score (nSPS) is 9.40. The van der Waals surface area contributed by atoms with Gasteiger partial charge < -0.3 is 10.2 Å². The maximum absolute atomic E-state index is 10.6. The van der Waals surface area contributed by atoms with Crippen LogP contribution in [0.2, 0.25) is 0 Å². The van der Waals surface area contributed by atoms with E-state index in [4.69, 9.17) is 10.2 Å². The maximum Gasteiger partial charge on any atom is 0.318 e. The number of halogens is 1. The first-order valence-electron chi connectivity index (χ1n) is 4.11. The van der Waals surface area contributed by atoms with E-state index in [1.165, 1.54) is 0 Å². The van der Waals surface area contributed by atoms with Crippen molar-refractivity contribution < 1.29 is 19.8 Å². The van der Waals surface area contributed by atoms with Crippen molar-refractivity contribution >= 4 is 24.3 Å². The molecule has 5 heteroatoms. The van der Waals surface area contributed by atoms with E-state index >= 15 is 0 Å². The Labute approximate surface area is 93.0 Å². The van der Waals surface area contributed by atoms with E-state index in [-0.39, 0.29) is 18.8 Å². The first-order chi connectivity index (χ1) is 6.61. The largest absolute Gasteiger partial charge is 0.481 e. The van der Waals surface area contributed by atoms with Crippen LogP contribution in [0.5, 0.6) is 0 Å². The van der Waals surface area contributed by atoms with Crippen molar-refractivity contribution in [3.63, 3.8) is 0 Å². The number of rotatable bonds is 4. The van der Waals surface area contributed by atoms with Gasteiger partial charge in [0.15, 0.2) is 5.92 Å². The van der Waals surface area contributed by atoms with Crippen LogP contribution in [0.1, 0.15) is 5.56 Å². The fourth-order valence-electron chi connectivity index (χ4n) is 1.13. The Bertz CT molecular complexity index is 323. The average Bonchev–Trinajstić information content (AvgIpc) is 2.15.